The molecule has 0 N–H and O–H groups in total. The van der Waals surface area contributed by atoms with E-state index >= 15 is 0 Å². The second-order valence-electron chi connectivity index (χ2n) is 5.61. The highest BCUT2D eigenvalue weighted by atomic mass is 35.5. The van der Waals surface area contributed by atoms with Crippen LogP contribution in [0.3, 0.4) is 0 Å². The molecule has 0 fully saturated rings. The summed E-state index contributed by atoms with van der Waals surface area (Å²) in [4.78, 5) is 17.0. The maximum Gasteiger partial charge on any atom is 0.261 e. The average molecular weight is 345 g/mol. The van der Waals surface area contributed by atoms with Crippen molar-refractivity contribution in [1.82, 2.24) is 9.55 Å². The Balaban J connectivity index is 1.95. The minimum atomic E-state index is -0.646. The maximum absolute atomic E-state index is 13.9. The normalized spacial score (nSPS) is 15.2. The van der Waals surface area contributed by atoms with Gasteiger partial charge in [0.25, 0.3) is 5.56 Å². The Bertz CT molecular complexity index is 1050. The highest BCUT2D eigenvalue weighted by Crippen LogP contribution is 2.29. The second kappa shape index (κ2) is 5.53. The number of fused-ring (bicyclic) bond motifs is 2. The molecule has 0 saturated heterocycles. The molecule has 2 heterocycles. The quantitative estimate of drug-likeness (QED) is 0.660. The third-order valence-corrected chi connectivity index (χ3v) is 4.36. The SMILES string of the molecule is O=c1c2ccc(Cl)cc2nc2n1CC/C2=C\c1c(F)cccc1F. The van der Waals surface area contributed by atoms with Crippen molar-refractivity contribution in [2.45, 2.75) is 13.0 Å². The molecule has 0 spiro atoms. The lowest BCUT2D eigenvalue weighted by molar-refractivity contribution is 0.579. The van der Waals surface area contributed by atoms with Gasteiger partial charge in [0.1, 0.15) is 17.5 Å². The van der Waals surface area contributed by atoms with Crippen molar-refractivity contribution in [1.29, 1.82) is 0 Å². The van der Waals surface area contributed by atoms with Gasteiger partial charge in [0.2, 0.25) is 0 Å². The number of hydrogen-bond donors (Lipinski definition) is 0. The minimum absolute atomic E-state index is 0.124. The molecule has 0 aliphatic carbocycles. The summed E-state index contributed by atoms with van der Waals surface area (Å²) in [6, 6.07) is 8.60. The largest absolute Gasteiger partial charge is 0.292 e. The van der Waals surface area contributed by atoms with Gasteiger partial charge in [-0.15, -0.1) is 0 Å². The van der Waals surface area contributed by atoms with Crippen molar-refractivity contribution in [2.24, 2.45) is 0 Å². The number of hydrogen-bond acceptors (Lipinski definition) is 2. The zero-order valence-electron chi connectivity index (χ0n) is 12.4. The first-order chi connectivity index (χ1) is 11.5. The smallest absolute Gasteiger partial charge is 0.261 e. The lowest BCUT2D eigenvalue weighted by Gasteiger charge is -2.06. The van der Waals surface area contributed by atoms with Crippen molar-refractivity contribution < 1.29 is 8.78 Å². The topological polar surface area (TPSA) is 34.9 Å². The summed E-state index contributed by atoms with van der Waals surface area (Å²) in [6.45, 7) is 0.432. The van der Waals surface area contributed by atoms with Gasteiger partial charge in [-0.1, -0.05) is 17.7 Å². The van der Waals surface area contributed by atoms with Gasteiger partial charge >= 0.3 is 0 Å². The first-order valence-electron chi connectivity index (χ1n) is 7.39. The van der Waals surface area contributed by atoms with E-state index in [0.29, 0.717) is 40.3 Å². The predicted octanol–water partition coefficient (Wildman–Crippen LogP) is 4.27. The van der Waals surface area contributed by atoms with E-state index in [1.54, 1.807) is 18.2 Å². The van der Waals surface area contributed by atoms with Gasteiger partial charge in [-0.3, -0.25) is 9.36 Å². The molecule has 0 bridgehead atoms. The van der Waals surface area contributed by atoms with Crippen molar-refractivity contribution in [2.75, 3.05) is 0 Å². The molecule has 4 rings (SSSR count). The molecule has 3 aromatic rings. The van der Waals surface area contributed by atoms with E-state index < -0.39 is 11.6 Å². The van der Waals surface area contributed by atoms with Crippen LogP contribution in [0.5, 0.6) is 0 Å². The van der Waals surface area contributed by atoms with Crippen LogP contribution < -0.4 is 5.56 Å². The molecule has 3 nitrogen and oxygen atoms in total. The van der Waals surface area contributed by atoms with Crippen LogP contribution >= 0.6 is 11.6 Å². The Morgan fingerprint density at radius 2 is 1.92 bits per heavy atom. The fourth-order valence-electron chi connectivity index (χ4n) is 2.95. The van der Waals surface area contributed by atoms with Gasteiger partial charge in [-0.2, -0.15) is 0 Å². The van der Waals surface area contributed by atoms with Gasteiger partial charge in [0.15, 0.2) is 0 Å². The number of benzene rings is 2. The summed E-state index contributed by atoms with van der Waals surface area (Å²) in [5.41, 5.74) is 0.795. The third-order valence-electron chi connectivity index (χ3n) is 4.13. The predicted molar refractivity (Wildman–Crippen MR) is 89.9 cm³/mol. The van der Waals surface area contributed by atoms with Crippen LogP contribution in [0, 0.1) is 11.6 Å². The fraction of sp³-hybridized carbons (Fsp3) is 0.111. The zero-order valence-corrected chi connectivity index (χ0v) is 13.1. The van der Waals surface area contributed by atoms with E-state index in [-0.39, 0.29) is 11.1 Å². The summed E-state index contributed by atoms with van der Waals surface area (Å²) < 4.78 is 29.3. The average Bonchev–Trinajstić information content (AvgIpc) is 2.94. The lowest BCUT2D eigenvalue weighted by atomic mass is 10.1. The first-order valence-corrected chi connectivity index (χ1v) is 7.77. The molecule has 2 aromatic carbocycles. The molecular formula is C18H11ClF2N2O. The summed E-state index contributed by atoms with van der Waals surface area (Å²) in [6.07, 6.45) is 1.91. The van der Waals surface area contributed by atoms with Crippen LogP contribution in [0.15, 0.2) is 41.2 Å². The molecular weight excluding hydrogens is 334 g/mol. The van der Waals surface area contributed by atoms with E-state index in [0.717, 1.165) is 0 Å². The van der Waals surface area contributed by atoms with Crippen LogP contribution in [0.1, 0.15) is 17.8 Å². The molecule has 1 aliphatic rings. The van der Waals surface area contributed by atoms with Crippen molar-refractivity contribution >= 4 is 34.2 Å². The molecule has 0 atom stereocenters. The Morgan fingerprint density at radius 1 is 1.17 bits per heavy atom. The Kier molecular flexibility index (Phi) is 3.46. The van der Waals surface area contributed by atoms with Gasteiger partial charge in [0, 0.05) is 17.1 Å². The molecule has 6 heteroatoms. The summed E-state index contributed by atoms with van der Waals surface area (Å²) >= 11 is 5.97. The number of allylic oxidation sites excluding steroid dienone is 1. The van der Waals surface area contributed by atoms with E-state index in [1.807, 2.05) is 0 Å². The standard InChI is InChI=1S/C18H11ClF2N2O/c19-11-4-5-12-16(9-11)22-17-10(6-7-23(17)18(12)24)8-13-14(20)2-1-3-15(13)21/h1-5,8-9H,6-7H2/b10-8+. The summed E-state index contributed by atoms with van der Waals surface area (Å²) in [7, 11) is 0. The van der Waals surface area contributed by atoms with Crippen molar-refractivity contribution in [3.63, 3.8) is 0 Å². The number of halogens is 3. The van der Waals surface area contributed by atoms with E-state index in [1.165, 1.54) is 28.8 Å². The van der Waals surface area contributed by atoms with Crippen LogP contribution in [-0.2, 0) is 6.54 Å². The summed E-state index contributed by atoms with van der Waals surface area (Å²) in [5, 5.41) is 0.949. The Morgan fingerprint density at radius 3 is 2.67 bits per heavy atom. The fourth-order valence-corrected chi connectivity index (χ4v) is 3.12. The number of rotatable bonds is 1. The van der Waals surface area contributed by atoms with Crippen LogP contribution in [0.2, 0.25) is 5.02 Å². The van der Waals surface area contributed by atoms with Crippen LogP contribution in [0.4, 0.5) is 8.78 Å². The Labute approximate surface area is 140 Å². The van der Waals surface area contributed by atoms with Gasteiger partial charge in [-0.25, -0.2) is 13.8 Å². The van der Waals surface area contributed by atoms with E-state index in [4.69, 9.17) is 11.6 Å². The van der Waals surface area contributed by atoms with Crippen LogP contribution in [0.25, 0.3) is 22.6 Å². The van der Waals surface area contributed by atoms with E-state index in [2.05, 4.69) is 4.98 Å². The molecule has 0 radical (unpaired) electrons. The zero-order chi connectivity index (χ0) is 16.8. The van der Waals surface area contributed by atoms with E-state index in [9.17, 15) is 13.6 Å². The molecule has 24 heavy (non-hydrogen) atoms. The molecule has 0 unspecified atom stereocenters. The highest BCUT2D eigenvalue weighted by molar-refractivity contribution is 6.31. The third kappa shape index (κ3) is 2.32. The lowest BCUT2D eigenvalue weighted by Crippen LogP contribution is -2.20. The van der Waals surface area contributed by atoms with Gasteiger partial charge in [-0.05, 0) is 48.4 Å². The minimum Gasteiger partial charge on any atom is -0.292 e. The van der Waals surface area contributed by atoms with Crippen molar-refractivity contribution in [3.8, 4) is 0 Å². The monoisotopic (exact) mass is 344 g/mol. The van der Waals surface area contributed by atoms with Gasteiger partial charge < -0.3 is 0 Å². The maximum atomic E-state index is 13.9. The van der Waals surface area contributed by atoms with Crippen molar-refractivity contribution in [3.05, 3.63) is 74.8 Å². The number of nitrogens with zero attached hydrogens (tertiary/aromatic N) is 2. The highest BCUT2D eigenvalue weighted by Gasteiger charge is 2.22. The molecule has 120 valence electrons. The molecule has 0 amide bonds. The molecule has 1 aromatic heterocycles. The number of aromatic nitrogens is 2. The summed E-state index contributed by atoms with van der Waals surface area (Å²) in [5.74, 6) is -0.864. The Hall–Kier alpha value is -2.53. The van der Waals surface area contributed by atoms with Crippen LogP contribution in [-0.4, -0.2) is 9.55 Å². The first kappa shape index (κ1) is 15.0. The molecule has 0 saturated carbocycles. The van der Waals surface area contributed by atoms with Gasteiger partial charge in [0.05, 0.1) is 10.9 Å². The molecule has 1 aliphatic heterocycles. The second-order valence-corrected chi connectivity index (χ2v) is 6.05.